The van der Waals surface area contributed by atoms with Gasteiger partial charge in [0.15, 0.2) is 0 Å². The monoisotopic (exact) mass is 428 g/mol. The Kier molecular flexibility index (Phi) is 5.83. The predicted molar refractivity (Wildman–Crippen MR) is 114 cm³/mol. The molecular weight excluding hydrogens is 404 g/mol. The van der Waals surface area contributed by atoms with Gasteiger partial charge >= 0.3 is 0 Å². The van der Waals surface area contributed by atoms with Crippen molar-refractivity contribution in [2.45, 2.75) is 66.0 Å². The molecule has 2 aliphatic rings. The zero-order valence-electron chi connectivity index (χ0n) is 16.8. The minimum Gasteiger partial charge on any atom is -0.309 e. The highest BCUT2D eigenvalue weighted by molar-refractivity contribution is 8.01. The molecule has 1 aliphatic heterocycles. The van der Waals surface area contributed by atoms with E-state index in [4.69, 9.17) is 0 Å². The number of aryl methyl sites for hydroxylation is 1. The molecule has 29 heavy (non-hydrogen) atoms. The van der Waals surface area contributed by atoms with Crippen LogP contribution in [0.3, 0.4) is 0 Å². The lowest BCUT2D eigenvalue weighted by Crippen LogP contribution is -2.26. The molecule has 1 amide bonds. The maximum absolute atomic E-state index is 13.0. The van der Waals surface area contributed by atoms with Crippen molar-refractivity contribution in [1.29, 1.82) is 5.26 Å². The zero-order valence-corrected chi connectivity index (χ0v) is 18.4. The molecule has 152 valence electrons. The molecule has 1 N–H and O–H groups in total. The molecule has 1 aliphatic carbocycles. The van der Waals surface area contributed by atoms with Crippen LogP contribution in [0.15, 0.2) is 22.6 Å². The lowest BCUT2D eigenvalue weighted by Gasteiger charge is -2.29. The van der Waals surface area contributed by atoms with Crippen molar-refractivity contribution in [2.75, 3.05) is 5.32 Å². The molecule has 0 aromatic carbocycles. The molecule has 1 fully saturated rings. The fraction of sp³-hybridized carbons (Fsp3) is 0.550. The fourth-order valence-electron chi connectivity index (χ4n) is 4.12. The van der Waals surface area contributed by atoms with E-state index < -0.39 is 0 Å². The first kappa shape index (κ1) is 20.2. The molecule has 4 atom stereocenters. The number of rotatable bonds is 5. The highest BCUT2D eigenvalue weighted by Gasteiger charge is 2.40. The topological polar surface area (TPSA) is 96.5 Å². The molecule has 2 aromatic heterocycles. The number of aromatic nitrogens is 4. The second kappa shape index (κ2) is 8.36. The molecule has 1 saturated carbocycles. The summed E-state index contributed by atoms with van der Waals surface area (Å²) in [6, 6.07) is 2.07. The number of fused-ring (bicyclic) bond motifs is 3. The van der Waals surface area contributed by atoms with Crippen molar-refractivity contribution in [3.05, 3.63) is 23.7 Å². The van der Waals surface area contributed by atoms with Gasteiger partial charge in [-0.05, 0) is 25.2 Å². The van der Waals surface area contributed by atoms with Crippen LogP contribution in [-0.4, -0.2) is 36.2 Å². The maximum atomic E-state index is 13.0. The molecule has 4 rings (SSSR count). The third kappa shape index (κ3) is 3.88. The molecule has 4 unspecified atom stereocenters. The van der Waals surface area contributed by atoms with Crippen LogP contribution in [0.1, 0.15) is 56.6 Å². The lowest BCUT2D eigenvalue weighted by molar-refractivity contribution is -0.115. The number of carbonyl (C=O) groups excluding carboxylic acids is 1. The summed E-state index contributed by atoms with van der Waals surface area (Å²) in [4.78, 5) is 22.1. The number of hydrogen-bond acceptors (Lipinski definition) is 7. The van der Waals surface area contributed by atoms with Gasteiger partial charge in [-0.1, -0.05) is 32.0 Å². The molecule has 7 nitrogen and oxygen atoms in total. The van der Waals surface area contributed by atoms with Crippen molar-refractivity contribution < 1.29 is 4.79 Å². The first-order valence-corrected chi connectivity index (χ1v) is 11.7. The van der Waals surface area contributed by atoms with Gasteiger partial charge in [0.25, 0.3) is 0 Å². The molecule has 0 spiro atoms. The lowest BCUT2D eigenvalue weighted by atomic mass is 9.80. The van der Waals surface area contributed by atoms with Crippen LogP contribution < -0.4 is 5.32 Å². The summed E-state index contributed by atoms with van der Waals surface area (Å²) in [6.07, 6.45) is 7.35. The van der Waals surface area contributed by atoms with E-state index in [-0.39, 0.29) is 11.2 Å². The molecule has 3 heterocycles. The Morgan fingerprint density at radius 2 is 2.31 bits per heavy atom. The summed E-state index contributed by atoms with van der Waals surface area (Å²) in [5.74, 6) is 1.54. The first-order chi connectivity index (χ1) is 14.0. The largest absolute Gasteiger partial charge is 0.309 e. The number of nitriles is 1. The second-order valence-corrected chi connectivity index (χ2v) is 10.1. The summed E-state index contributed by atoms with van der Waals surface area (Å²) in [7, 11) is 1.71. The van der Waals surface area contributed by atoms with Crippen molar-refractivity contribution in [3.63, 3.8) is 0 Å². The summed E-state index contributed by atoms with van der Waals surface area (Å²) in [5, 5.41) is 18.5. The second-order valence-electron chi connectivity index (χ2n) is 7.72. The van der Waals surface area contributed by atoms with Crippen LogP contribution in [0.25, 0.3) is 0 Å². The van der Waals surface area contributed by atoms with E-state index in [1.54, 1.807) is 13.4 Å². The number of thioether (sulfide) groups is 2. The minimum absolute atomic E-state index is 0.135. The standard InChI is InChI=1S/C20H24N6OS2/c1-4-14(18(27)25-17-12(8-21)9-24-26(17)3)28-19-16-13-6-5-11(2)7-15(13)29-20(16)23-10-22-19/h9-11,13-15H,4-7H2,1-3H3,(H,25,27). The van der Waals surface area contributed by atoms with E-state index in [2.05, 4.69) is 33.4 Å². The van der Waals surface area contributed by atoms with Crippen LogP contribution >= 0.6 is 23.5 Å². The van der Waals surface area contributed by atoms with E-state index in [9.17, 15) is 10.1 Å². The average molecular weight is 429 g/mol. The van der Waals surface area contributed by atoms with Crippen LogP contribution in [0.2, 0.25) is 0 Å². The van der Waals surface area contributed by atoms with Crippen molar-refractivity contribution in [3.8, 4) is 6.07 Å². The number of anilines is 1. The fourth-order valence-corrected chi connectivity index (χ4v) is 6.90. The Bertz CT molecular complexity index is 968. The van der Waals surface area contributed by atoms with Crippen LogP contribution in [0, 0.1) is 17.2 Å². The Morgan fingerprint density at radius 1 is 1.48 bits per heavy atom. The predicted octanol–water partition coefficient (Wildman–Crippen LogP) is 3.97. The summed E-state index contributed by atoms with van der Waals surface area (Å²) >= 11 is 3.39. The molecule has 9 heteroatoms. The van der Waals surface area contributed by atoms with E-state index >= 15 is 0 Å². The molecule has 0 radical (unpaired) electrons. The highest BCUT2D eigenvalue weighted by atomic mass is 32.2. The number of amides is 1. The minimum atomic E-state index is -0.304. The normalized spacial score (nSPS) is 23.7. The van der Waals surface area contributed by atoms with E-state index in [1.165, 1.54) is 41.0 Å². The highest BCUT2D eigenvalue weighted by Crippen LogP contribution is 2.54. The smallest absolute Gasteiger partial charge is 0.239 e. The van der Waals surface area contributed by atoms with Crippen LogP contribution in [0.5, 0.6) is 0 Å². The molecule has 0 saturated heterocycles. The van der Waals surface area contributed by atoms with Crippen LogP contribution in [-0.2, 0) is 11.8 Å². The van der Waals surface area contributed by atoms with Gasteiger partial charge in [0.1, 0.15) is 33.8 Å². The van der Waals surface area contributed by atoms with E-state index in [0.29, 0.717) is 29.0 Å². The molecule has 2 aromatic rings. The van der Waals surface area contributed by atoms with Crippen molar-refractivity contribution in [1.82, 2.24) is 19.7 Å². The SMILES string of the molecule is CCC(Sc1ncnc2c1C1CCC(C)CC1S2)C(=O)Nc1c(C#N)cnn1C. The number of nitrogens with zero attached hydrogens (tertiary/aromatic N) is 5. The van der Waals surface area contributed by atoms with Gasteiger partial charge in [-0.2, -0.15) is 10.4 Å². The number of hydrogen-bond donors (Lipinski definition) is 1. The number of nitrogens with one attached hydrogen (secondary N) is 1. The summed E-state index contributed by atoms with van der Waals surface area (Å²) in [5.41, 5.74) is 1.60. The average Bonchev–Trinajstić information content (AvgIpc) is 3.25. The van der Waals surface area contributed by atoms with E-state index in [1.807, 2.05) is 18.7 Å². The third-order valence-corrected chi connectivity index (χ3v) is 8.47. The first-order valence-electron chi connectivity index (χ1n) is 9.93. The van der Waals surface area contributed by atoms with Crippen LogP contribution in [0.4, 0.5) is 5.82 Å². The molecular formula is C20H24N6OS2. The Hall–Kier alpha value is -2.05. The van der Waals surface area contributed by atoms with Gasteiger partial charge in [-0.15, -0.1) is 11.8 Å². The summed E-state index contributed by atoms with van der Waals surface area (Å²) < 4.78 is 1.51. The Balaban J connectivity index is 1.55. The Morgan fingerprint density at radius 3 is 3.07 bits per heavy atom. The quantitative estimate of drug-likeness (QED) is 0.568. The van der Waals surface area contributed by atoms with Gasteiger partial charge in [0, 0.05) is 23.8 Å². The van der Waals surface area contributed by atoms with E-state index in [0.717, 1.165) is 22.4 Å². The number of carbonyl (C=O) groups is 1. The van der Waals surface area contributed by atoms with Gasteiger partial charge in [-0.3, -0.25) is 9.48 Å². The third-order valence-electron chi connectivity index (χ3n) is 5.72. The van der Waals surface area contributed by atoms with Gasteiger partial charge < -0.3 is 5.32 Å². The maximum Gasteiger partial charge on any atom is 0.239 e. The van der Waals surface area contributed by atoms with Gasteiger partial charge in [0.2, 0.25) is 5.91 Å². The van der Waals surface area contributed by atoms with Crippen molar-refractivity contribution >= 4 is 35.2 Å². The molecule has 0 bridgehead atoms. The van der Waals surface area contributed by atoms with Crippen molar-refractivity contribution in [2.24, 2.45) is 13.0 Å². The Labute approximate surface area is 179 Å². The van der Waals surface area contributed by atoms with Gasteiger partial charge in [-0.25, -0.2) is 9.97 Å². The zero-order chi connectivity index (χ0) is 20.5. The van der Waals surface area contributed by atoms with Gasteiger partial charge in [0.05, 0.1) is 11.4 Å². The summed E-state index contributed by atoms with van der Waals surface area (Å²) in [6.45, 7) is 4.32.